The zero-order chi connectivity index (χ0) is 25.4. The summed E-state index contributed by atoms with van der Waals surface area (Å²) < 4.78 is 14.4. The minimum Gasteiger partial charge on any atom is -0.478 e. The Morgan fingerprint density at radius 3 is 2.46 bits per heavy atom. The summed E-state index contributed by atoms with van der Waals surface area (Å²) in [6.45, 7) is 6.44. The molecule has 9 heteroatoms. The average molecular weight is 499 g/mol. The molecule has 0 radical (unpaired) electrons. The second-order valence-corrected chi connectivity index (χ2v) is 10.8. The lowest BCUT2D eigenvalue weighted by atomic mass is 9.79. The molecule has 0 spiro atoms. The van der Waals surface area contributed by atoms with Crippen LogP contribution in [0.25, 0.3) is 0 Å². The van der Waals surface area contributed by atoms with Gasteiger partial charge in [0.05, 0.1) is 21.6 Å². The van der Waals surface area contributed by atoms with E-state index in [9.17, 15) is 24.7 Å². The first kappa shape index (κ1) is 25.1. The fraction of sp³-hybridized carbons (Fsp3) is 0.346. The number of anilines is 1. The number of thioether (sulfide) groups is 1. The molecule has 2 aliphatic rings. The van der Waals surface area contributed by atoms with Gasteiger partial charge in [0, 0.05) is 11.6 Å². The van der Waals surface area contributed by atoms with E-state index in [1.165, 1.54) is 28.8 Å². The number of aromatic carboxylic acids is 1. The standard InChI is InChI=1S/C26H28FN3O4S/c1-26(2,3)18-10-7-16(8-11-18)9-12-24-28-23(15-35-24)30(33,34)29-22-14-21(27)20(25(31)32)13-19(22)17-5-4-6-17/h7-8,10-11,13-15,17,24,28-29,33-34H,4-6H2,1-3H3/p+1. The van der Waals surface area contributed by atoms with E-state index < -0.39 is 27.6 Å². The number of nitrogens with one attached hydrogen (secondary N) is 2. The zero-order valence-electron chi connectivity index (χ0n) is 19.8. The summed E-state index contributed by atoms with van der Waals surface area (Å²) in [5, 5.41) is 34.7. The Balaban J connectivity index is 1.47. The van der Waals surface area contributed by atoms with Crippen molar-refractivity contribution in [3.63, 3.8) is 0 Å². The molecule has 184 valence electrons. The molecule has 7 nitrogen and oxygen atoms in total. The lowest BCUT2D eigenvalue weighted by Crippen LogP contribution is -2.50. The third-order valence-corrected chi connectivity index (χ3v) is 7.09. The van der Waals surface area contributed by atoms with Crippen molar-refractivity contribution in [2.45, 2.75) is 56.7 Å². The third kappa shape index (κ3) is 5.63. The summed E-state index contributed by atoms with van der Waals surface area (Å²) in [7, 11) is 0. The van der Waals surface area contributed by atoms with E-state index in [0.717, 1.165) is 30.9 Å². The number of carboxylic acids is 1. The number of rotatable bonds is 5. The van der Waals surface area contributed by atoms with Gasteiger partial charge in [-0.3, -0.25) is 0 Å². The van der Waals surface area contributed by atoms with E-state index in [1.54, 1.807) is 0 Å². The number of carboxylic acid groups (broad SMARTS) is 1. The molecule has 4 rings (SSSR count). The normalized spacial score (nSPS) is 18.1. The maximum Gasteiger partial charge on any atom is 0.338 e. The van der Waals surface area contributed by atoms with Gasteiger partial charge in [0.15, 0.2) is 0 Å². The fourth-order valence-corrected chi connectivity index (χ4v) is 4.70. The predicted octanol–water partition coefficient (Wildman–Crippen LogP) is 5.52. The van der Waals surface area contributed by atoms with Crippen molar-refractivity contribution in [1.29, 1.82) is 0 Å². The Morgan fingerprint density at radius 1 is 1.20 bits per heavy atom. The number of hydroxylamine groups is 2. The highest BCUT2D eigenvalue weighted by Crippen LogP contribution is 2.41. The number of nitrogens with zero attached hydrogens (tertiary/aromatic N) is 1. The number of halogens is 1. The van der Waals surface area contributed by atoms with Crippen LogP contribution in [0.3, 0.4) is 0 Å². The van der Waals surface area contributed by atoms with Crippen LogP contribution in [0, 0.1) is 17.7 Å². The molecule has 2 aromatic carbocycles. The maximum absolute atomic E-state index is 14.4. The Kier molecular flexibility index (Phi) is 6.84. The highest BCUT2D eigenvalue weighted by molar-refractivity contribution is 8.03. The first-order chi connectivity index (χ1) is 16.4. The number of hydrogen-bond donors (Lipinski definition) is 5. The molecule has 35 heavy (non-hydrogen) atoms. The molecule has 0 saturated heterocycles. The smallest absolute Gasteiger partial charge is 0.338 e. The van der Waals surface area contributed by atoms with Gasteiger partial charge in [0.25, 0.3) is 0 Å². The molecule has 1 saturated carbocycles. The van der Waals surface area contributed by atoms with Crippen LogP contribution in [-0.2, 0) is 5.41 Å². The number of hydrogen-bond acceptors (Lipinski definition) is 6. The van der Waals surface area contributed by atoms with Crippen LogP contribution in [0.1, 0.15) is 73.0 Å². The summed E-state index contributed by atoms with van der Waals surface area (Å²) in [5.74, 6) is 3.87. The van der Waals surface area contributed by atoms with Gasteiger partial charge in [-0.15, -0.1) is 10.4 Å². The molecule has 2 aromatic rings. The molecule has 1 unspecified atom stereocenters. The van der Waals surface area contributed by atoms with Crippen LogP contribution in [0.5, 0.6) is 0 Å². The molecule has 5 N–H and O–H groups in total. The lowest BCUT2D eigenvalue weighted by molar-refractivity contribution is -1.21. The molecular weight excluding hydrogens is 469 g/mol. The Labute approximate surface area is 208 Å². The van der Waals surface area contributed by atoms with Gasteiger partial charge in [0.1, 0.15) is 11.2 Å². The van der Waals surface area contributed by atoms with Crippen LogP contribution in [-0.4, -0.2) is 31.8 Å². The van der Waals surface area contributed by atoms with E-state index in [4.69, 9.17) is 0 Å². The monoisotopic (exact) mass is 498 g/mol. The van der Waals surface area contributed by atoms with Gasteiger partial charge in [-0.1, -0.05) is 62.9 Å². The van der Waals surface area contributed by atoms with Gasteiger partial charge in [-0.2, -0.15) is 5.43 Å². The Hall–Kier alpha value is -3.03. The molecule has 0 aromatic heterocycles. The summed E-state index contributed by atoms with van der Waals surface area (Å²) >= 11 is 1.28. The predicted molar refractivity (Wildman–Crippen MR) is 132 cm³/mol. The van der Waals surface area contributed by atoms with Gasteiger partial charge >= 0.3 is 11.8 Å². The van der Waals surface area contributed by atoms with Crippen LogP contribution in [0.15, 0.2) is 47.6 Å². The number of carbonyl (C=O) groups is 1. The average Bonchev–Trinajstić information content (AvgIpc) is 3.22. The molecule has 1 heterocycles. The zero-order valence-corrected chi connectivity index (χ0v) is 20.6. The SMILES string of the molecule is CC(C)(C)c1ccc(C#CC2NC([N+](O)(O)Nc3cc(F)c(C(=O)O)cc3C3CCC3)=CS2)cc1. The first-order valence-corrected chi connectivity index (χ1v) is 12.3. The fourth-order valence-electron chi connectivity index (χ4n) is 3.91. The Morgan fingerprint density at radius 2 is 1.89 bits per heavy atom. The molecule has 1 atom stereocenters. The Bertz CT molecular complexity index is 1220. The number of quaternary nitrogens is 1. The van der Waals surface area contributed by atoms with Crippen molar-refractivity contribution >= 4 is 23.4 Å². The summed E-state index contributed by atoms with van der Waals surface area (Å²) in [4.78, 5) is 9.62. The summed E-state index contributed by atoms with van der Waals surface area (Å²) in [6.07, 6.45) is 2.62. The van der Waals surface area contributed by atoms with Crippen LogP contribution < -0.4 is 10.7 Å². The van der Waals surface area contributed by atoms with Crippen molar-refractivity contribution in [1.82, 2.24) is 5.32 Å². The molecular formula is C26H29FN3O4S+. The molecule has 0 amide bonds. The minimum absolute atomic E-state index is 0.0136. The van der Waals surface area contributed by atoms with Crippen LogP contribution >= 0.6 is 11.8 Å². The quantitative estimate of drug-likeness (QED) is 0.210. The van der Waals surface area contributed by atoms with Gasteiger partial charge in [-0.05, 0) is 53.5 Å². The van der Waals surface area contributed by atoms with E-state index >= 15 is 0 Å². The minimum atomic E-state index is -1.75. The van der Waals surface area contributed by atoms with Crippen molar-refractivity contribution in [2.24, 2.45) is 0 Å². The third-order valence-electron chi connectivity index (χ3n) is 6.22. The van der Waals surface area contributed by atoms with Crippen molar-refractivity contribution in [3.05, 3.63) is 75.7 Å². The molecule has 1 aliphatic heterocycles. The molecule has 1 aliphatic carbocycles. The summed E-state index contributed by atoms with van der Waals surface area (Å²) in [5.41, 5.74) is 4.87. The van der Waals surface area contributed by atoms with Gasteiger partial charge in [-0.25, -0.2) is 9.18 Å². The van der Waals surface area contributed by atoms with Gasteiger partial charge < -0.3 is 10.4 Å². The second kappa shape index (κ2) is 9.55. The van der Waals surface area contributed by atoms with E-state index in [2.05, 4.69) is 43.4 Å². The van der Waals surface area contributed by atoms with E-state index in [0.29, 0.717) is 5.56 Å². The van der Waals surface area contributed by atoms with Crippen molar-refractivity contribution < 1.29 is 29.6 Å². The second-order valence-electron chi connectivity index (χ2n) is 9.83. The van der Waals surface area contributed by atoms with Gasteiger partial charge in [0.2, 0.25) is 0 Å². The van der Waals surface area contributed by atoms with E-state index in [1.807, 2.05) is 24.3 Å². The van der Waals surface area contributed by atoms with Crippen molar-refractivity contribution in [2.75, 3.05) is 5.43 Å². The highest BCUT2D eigenvalue weighted by atomic mass is 32.2. The largest absolute Gasteiger partial charge is 0.478 e. The van der Waals surface area contributed by atoms with E-state index in [-0.39, 0.29) is 22.8 Å². The summed E-state index contributed by atoms with van der Waals surface area (Å²) in [6, 6.07) is 10.3. The topological polar surface area (TPSA) is 102 Å². The first-order valence-electron chi connectivity index (χ1n) is 11.4. The van der Waals surface area contributed by atoms with Crippen LogP contribution in [0.4, 0.5) is 10.1 Å². The highest BCUT2D eigenvalue weighted by Gasteiger charge is 2.38. The number of benzene rings is 2. The molecule has 1 fully saturated rings. The lowest BCUT2D eigenvalue weighted by Gasteiger charge is -2.30. The van der Waals surface area contributed by atoms with Crippen molar-refractivity contribution in [3.8, 4) is 11.8 Å². The van der Waals surface area contributed by atoms with Crippen LogP contribution in [0.2, 0.25) is 0 Å². The molecule has 0 bridgehead atoms. The maximum atomic E-state index is 14.4.